The Morgan fingerprint density at radius 2 is 1.60 bits per heavy atom. The summed E-state index contributed by atoms with van der Waals surface area (Å²) < 4.78 is 0. The van der Waals surface area contributed by atoms with E-state index in [1.807, 2.05) is 24.4 Å². The van der Waals surface area contributed by atoms with Gasteiger partial charge in [0.1, 0.15) is 0 Å². The lowest BCUT2D eigenvalue weighted by Gasteiger charge is -2.00. The van der Waals surface area contributed by atoms with Crippen molar-refractivity contribution in [2.45, 2.75) is 0 Å². The first-order valence-corrected chi connectivity index (χ1v) is 4.53. The van der Waals surface area contributed by atoms with Crippen LogP contribution in [0.1, 0.15) is 0 Å². The van der Waals surface area contributed by atoms with Crippen molar-refractivity contribution in [2.24, 2.45) is 0 Å². The molecule has 0 radical (unpaired) electrons. The van der Waals surface area contributed by atoms with Crippen LogP contribution in [0.5, 0.6) is 0 Å². The summed E-state index contributed by atoms with van der Waals surface area (Å²) in [6.07, 6.45) is 3.62. The minimum Gasteiger partial charge on any atom is -0.256 e. The van der Waals surface area contributed by atoms with Crippen molar-refractivity contribution in [1.29, 1.82) is 0 Å². The molecule has 0 N–H and O–H groups in total. The van der Waals surface area contributed by atoms with Gasteiger partial charge in [-0.1, -0.05) is 12.1 Å². The van der Waals surface area contributed by atoms with Gasteiger partial charge in [-0.15, -0.1) is 12.4 Å². The number of nitrogens with zero attached hydrogens (tertiary/aromatic N) is 2. The summed E-state index contributed by atoms with van der Waals surface area (Å²) in [5.41, 5.74) is 2.02. The predicted molar refractivity (Wildman–Crippen MR) is 64.3 cm³/mol. The first-order chi connectivity index (χ1) is 6.95. The van der Waals surface area contributed by atoms with Crippen LogP contribution in [-0.4, -0.2) is 9.97 Å². The number of rotatable bonds is 0. The monoisotopic (exact) mass is 216 g/mol. The van der Waals surface area contributed by atoms with Gasteiger partial charge in [0.2, 0.25) is 0 Å². The van der Waals surface area contributed by atoms with E-state index < -0.39 is 0 Å². The molecule has 2 aromatic heterocycles. The summed E-state index contributed by atoms with van der Waals surface area (Å²) >= 11 is 0. The van der Waals surface area contributed by atoms with Crippen molar-refractivity contribution >= 4 is 34.2 Å². The molecule has 74 valence electrons. The zero-order valence-electron chi connectivity index (χ0n) is 7.92. The van der Waals surface area contributed by atoms with Crippen LogP contribution in [0.3, 0.4) is 0 Å². The SMILES string of the molecule is Cl.c1cnc2c(c1)ccc1ncccc12. The average molecular weight is 217 g/mol. The summed E-state index contributed by atoms with van der Waals surface area (Å²) in [6.45, 7) is 0. The molecule has 3 rings (SSSR count). The Labute approximate surface area is 93.4 Å². The second-order valence-corrected chi connectivity index (χ2v) is 3.21. The van der Waals surface area contributed by atoms with E-state index in [2.05, 4.69) is 28.2 Å². The number of aromatic nitrogens is 2. The van der Waals surface area contributed by atoms with Gasteiger partial charge in [-0.05, 0) is 24.3 Å². The van der Waals surface area contributed by atoms with Crippen molar-refractivity contribution in [2.75, 3.05) is 0 Å². The lowest BCUT2D eigenvalue weighted by molar-refractivity contribution is 1.39. The van der Waals surface area contributed by atoms with Crippen LogP contribution in [0.4, 0.5) is 0 Å². The van der Waals surface area contributed by atoms with Crippen molar-refractivity contribution < 1.29 is 0 Å². The van der Waals surface area contributed by atoms with E-state index >= 15 is 0 Å². The molecule has 0 aliphatic heterocycles. The molecule has 0 saturated heterocycles. The molecule has 0 amide bonds. The van der Waals surface area contributed by atoms with Gasteiger partial charge in [-0.2, -0.15) is 0 Å². The molecule has 0 unspecified atom stereocenters. The first kappa shape index (κ1) is 9.87. The summed E-state index contributed by atoms with van der Waals surface area (Å²) in [4.78, 5) is 8.66. The van der Waals surface area contributed by atoms with Gasteiger partial charge in [0, 0.05) is 23.2 Å². The Kier molecular flexibility index (Phi) is 2.52. The molecule has 3 aromatic rings. The molecule has 0 spiro atoms. The summed E-state index contributed by atoms with van der Waals surface area (Å²) in [5, 5.41) is 2.28. The fourth-order valence-corrected chi connectivity index (χ4v) is 1.70. The van der Waals surface area contributed by atoms with Crippen molar-refractivity contribution in [1.82, 2.24) is 9.97 Å². The third kappa shape index (κ3) is 1.53. The molecule has 0 saturated carbocycles. The van der Waals surface area contributed by atoms with Gasteiger partial charge < -0.3 is 0 Å². The Hall–Kier alpha value is -1.67. The number of benzene rings is 1. The highest BCUT2D eigenvalue weighted by atomic mass is 35.5. The van der Waals surface area contributed by atoms with E-state index in [1.165, 1.54) is 0 Å². The van der Waals surface area contributed by atoms with Crippen molar-refractivity contribution in [3.05, 3.63) is 48.8 Å². The molecule has 2 heterocycles. The zero-order chi connectivity index (χ0) is 9.38. The lowest BCUT2D eigenvalue weighted by Crippen LogP contribution is -1.82. The topological polar surface area (TPSA) is 25.8 Å². The van der Waals surface area contributed by atoms with E-state index in [1.54, 1.807) is 6.20 Å². The number of halogens is 1. The van der Waals surface area contributed by atoms with Crippen LogP contribution in [0.25, 0.3) is 21.8 Å². The second-order valence-electron chi connectivity index (χ2n) is 3.21. The largest absolute Gasteiger partial charge is 0.256 e. The van der Waals surface area contributed by atoms with Crippen molar-refractivity contribution in [3.63, 3.8) is 0 Å². The molecule has 2 nitrogen and oxygen atoms in total. The summed E-state index contributed by atoms with van der Waals surface area (Å²) in [7, 11) is 0. The zero-order valence-corrected chi connectivity index (χ0v) is 8.74. The Balaban J connectivity index is 0.000000853. The van der Waals surface area contributed by atoms with Crippen molar-refractivity contribution in [3.8, 4) is 0 Å². The van der Waals surface area contributed by atoms with Gasteiger partial charge in [-0.3, -0.25) is 9.97 Å². The maximum atomic E-state index is 4.37. The van der Waals surface area contributed by atoms with E-state index in [-0.39, 0.29) is 12.4 Å². The molecule has 0 aliphatic carbocycles. The predicted octanol–water partition coefficient (Wildman–Crippen LogP) is 3.20. The fraction of sp³-hybridized carbons (Fsp3) is 0. The molecule has 1 aromatic carbocycles. The highest BCUT2D eigenvalue weighted by molar-refractivity contribution is 6.03. The Morgan fingerprint density at radius 3 is 2.53 bits per heavy atom. The quantitative estimate of drug-likeness (QED) is 0.540. The smallest absolute Gasteiger partial charge is 0.0795 e. The van der Waals surface area contributed by atoms with E-state index in [4.69, 9.17) is 0 Å². The number of hydrogen-bond acceptors (Lipinski definition) is 2. The maximum Gasteiger partial charge on any atom is 0.0795 e. The highest BCUT2D eigenvalue weighted by Gasteiger charge is 1.99. The highest BCUT2D eigenvalue weighted by Crippen LogP contribution is 2.20. The van der Waals surface area contributed by atoms with Gasteiger partial charge in [-0.25, -0.2) is 0 Å². The Bertz CT molecular complexity index is 553. The maximum absolute atomic E-state index is 4.37. The van der Waals surface area contributed by atoms with Crippen LogP contribution in [-0.2, 0) is 0 Å². The van der Waals surface area contributed by atoms with E-state index in [9.17, 15) is 0 Å². The third-order valence-electron chi connectivity index (χ3n) is 2.35. The van der Waals surface area contributed by atoms with E-state index in [0.717, 1.165) is 21.8 Å². The molecule has 3 heteroatoms. The number of pyridine rings is 2. The second kappa shape index (κ2) is 3.83. The number of hydrogen-bond donors (Lipinski definition) is 0. The Morgan fingerprint density at radius 1 is 0.800 bits per heavy atom. The van der Waals surface area contributed by atoms with Gasteiger partial charge in [0.25, 0.3) is 0 Å². The normalized spacial score (nSPS) is 10.1. The molecule has 0 atom stereocenters. The van der Waals surface area contributed by atoms with Crippen LogP contribution in [0.2, 0.25) is 0 Å². The van der Waals surface area contributed by atoms with Crippen LogP contribution in [0.15, 0.2) is 48.8 Å². The molecule has 0 fully saturated rings. The first-order valence-electron chi connectivity index (χ1n) is 4.53. The van der Waals surface area contributed by atoms with Crippen LogP contribution < -0.4 is 0 Å². The van der Waals surface area contributed by atoms with Gasteiger partial charge >= 0.3 is 0 Å². The standard InChI is InChI=1S/C12H8N2.ClH/c1-3-9-5-6-11-10(4-2-7-13-11)12(9)14-8-1;/h1-8H;1H. The molecular formula is C12H9ClN2. The van der Waals surface area contributed by atoms with Crippen LogP contribution in [0, 0.1) is 0 Å². The molecule has 0 bridgehead atoms. The molecular weight excluding hydrogens is 208 g/mol. The average Bonchev–Trinajstić information content (AvgIpc) is 2.29. The number of fused-ring (bicyclic) bond motifs is 3. The summed E-state index contributed by atoms with van der Waals surface area (Å²) in [5.74, 6) is 0. The molecule has 15 heavy (non-hydrogen) atoms. The van der Waals surface area contributed by atoms with Crippen LogP contribution >= 0.6 is 12.4 Å². The van der Waals surface area contributed by atoms with Gasteiger partial charge in [0.05, 0.1) is 11.0 Å². The van der Waals surface area contributed by atoms with Gasteiger partial charge in [0.15, 0.2) is 0 Å². The van der Waals surface area contributed by atoms with E-state index in [0.29, 0.717) is 0 Å². The molecule has 0 aliphatic rings. The third-order valence-corrected chi connectivity index (χ3v) is 2.35. The minimum absolute atomic E-state index is 0. The summed E-state index contributed by atoms with van der Waals surface area (Å²) in [6, 6.07) is 12.1. The lowest BCUT2D eigenvalue weighted by atomic mass is 10.1. The fourth-order valence-electron chi connectivity index (χ4n) is 1.70. The minimum atomic E-state index is 0.